The fraction of sp³-hybridized carbons (Fsp3) is 0.250. The third-order valence-electron chi connectivity index (χ3n) is 3.74. The fourth-order valence-electron chi connectivity index (χ4n) is 2.64. The first kappa shape index (κ1) is 16.7. The molecule has 1 aromatic heterocycles. The van der Waals surface area contributed by atoms with Crippen molar-refractivity contribution in [3.05, 3.63) is 72.0 Å². The van der Waals surface area contributed by atoms with Gasteiger partial charge in [-0.05, 0) is 24.6 Å². The highest BCUT2D eigenvalue weighted by molar-refractivity contribution is 7.99. The van der Waals surface area contributed by atoms with E-state index >= 15 is 0 Å². The van der Waals surface area contributed by atoms with Gasteiger partial charge in [-0.25, -0.2) is 0 Å². The van der Waals surface area contributed by atoms with Crippen LogP contribution in [0.4, 0.5) is 0 Å². The summed E-state index contributed by atoms with van der Waals surface area (Å²) in [5.41, 5.74) is 2.13. The summed E-state index contributed by atoms with van der Waals surface area (Å²) < 4.78 is 5.80. The van der Waals surface area contributed by atoms with Crippen LogP contribution in [0.1, 0.15) is 18.2 Å². The van der Waals surface area contributed by atoms with Crippen LogP contribution in [0.25, 0.3) is 11.0 Å². The highest BCUT2D eigenvalue weighted by Crippen LogP contribution is 2.19. The van der Waals surface area contributed by atoms with Gasteiger partial charge in [-0.3, -0.25) is 4.79 Å². The molecule has 1 amide bonds. The molecule has 0 fully saturated rings. The Morgan fingerprint density at radius 1 is 1.12 bits per heavy atom. The molecule has 3 aromatic rings. The Labute approximate surface area is 146 Å². The largest absolute Gasteiger partial charge is 0.461 e. The van der Waals surface area contributed by atoms with E-state index in [4.69, 9.17) is 4.42 Å². The number of fused-ring (bicyclic) bond motifs is 1. The molecule has 0 radical (unpaired) electrons. The average molecular weight is 339 g/mol. The molecule has 0 aliphatic rings. The van der Waals surface area contributed by atoms with Gasteiger partial charge in [0.2, 0.25) is 5.91 Å². The zero-order chi connectivity index (χ0) is 16.8. The lowest BCUT2D eigenvalue weighted by molar-refractivity contribution is -0.119. The van der Waals surface area contributed by atoms with Crippen molar-refractivity contribution in [1.29, 1.82) is 0 Å². The molecule has 3 rings (SSSR count). The Kier molecular flexibility index (Phi) is 5.59. The number of hydrogen-bond donors (Lipinski definition) is 1. The van der Waals surface area contributed by atoms with Crippen LogP contribution in [0, 0.1) is 0 Å². The Morgan fingerprint density at radius 2 is 1.88 bits per heavy atom. The zero-order valence-electron chi connectivity index (χ0n) is 13.7. The summed E-state index contributed by atoms with van der Waals surface area (Å²) in [7, 11) is 0. The van der Waals surface area contributed by atoms with E-state index in [0.29, 0.717) is 12.2 Å². The predicted octanol–water partition coefficient (Wildman–Crippen LogP) is 4.41. The third-order valence-corrected chi connectivity index (χ3v) is 4.74. The van der Waals surface area contributed by atoms with Crippen LogP contribution in [0.15, 0.2) is 65.1 Å². The van der Waals surface area contributed by atoms with E-state index in [9.17, 15) is 4.79 Å². The average Bonchev–Trinajstić information content (AvgIpc) is 2.97. The van der Waals surface area contributed by atoms with E-state index < -0.39 is 0 Å². The van der Waals surface area contributed by atoms with Crippen molar-refractivity contribution in [3.63, 3.8) is 0 Å². The van der Waals surface area contributed by atoms with Gasteiger partial charge in [0.25, 0.3) is 0 Å². The van der Waals surface area contributed by atoms with Gasteiger partial charge in [0, 0.05) is 23.6 Å². The van der Waals surface area contributed by atoms with Crippen LogP contribution in [0.3, 0.4) is 0 Å². The molecule has 1 heterocycles. The molecule has 2 aromatic carbocycles. The fourth-order valence-corrected chi connectivity index (χ4v) is 3.44. The quantitative estimate of drug-likeness (QED) is 0.693. The van der Waals surface area contributed by atoms with E-state index in [1.807, 2.05) is 55.5 Å². The normalized spacial score (nSPS) is 12.2. The summed E-state index contributed by atoms with van der Waals surface area (Å²) in [6.45, 7) is 2.01. The van der Waals surface area contributed by atoms with Gasteiger partial charge in [-0.15, -0.1) is 11.8 Å². The predicted molar refractivity (Wildman–Crippen MR) is 100 cm³/mol. The molecule has 0 bridgehead atoms. The van der Waals surface area contributed by atoms with Gasteiger partial charge in [0.05, 0.1) is 5.75 Å². The maximum atomic E-state index is 12.0. The number of para-hydroxylation sites is 1. The molecule has 124 valence electrons. The summed E-state index contributed by atoms with van der Waals surface area (Å²) in [5, 5.41) is 4.14. The first-order valence-corrected chi connectivity index (χ1v) is 9.24. The van der Waals surface area contributed by atoms with Crippen LogP contribution >= 0.6 is 11.8 Å². The molecular weight excluding hydrogens is 318 g/mol. The van der Waals surface area contributed by atoms with E-state index in [1.54, 1.807) is 11.8 Å². The number of carbonyl (C=O) groups excluding carboxylic acids is 1. The highest BCUT2D eigenvalue weighted by atomic mass is 32.2. The van der Waals surface area contributed by atoms with Crippen molar-refractivity contribution >= 4 is 28.6 Å². The monoisotopic (exact) mass is 339 g/mol. The van der Waals surface area contributed by atoms with Crippen molar-refractivity contribution in [3.8, 4) is 0 Å². The van der Waals surface area contributed by atoms with E-state index in [1.165, 1.54) is 5.56 Å². The Bertz CT molecular complexity index is 765. The number of hydrogen-bond acceptors (Lipinski definition) is 3. The lowest BCUT2D eigenvalue weighted by Gasteiger charge is -2.12. The molecule has 1 N–H and O–H groups in total. The molecule has 3 nitrogen and oxygen atoms in total. The second-order valence-electron chi connectivity index (χ2n) is 5.90. The lowest BCUT2D eigenvalue weighted by Crippen LogP contribution is -2.35. The molecule has 4 heteroatoms. The van der Waals surface area contributed by atoms with E-state index in [2.05, 4.69) is 17.4 Å². The standard InChI is InChI=1S/C20H21NO2S/c1-15(11-18-12-17-9-5-6-10-19(17)23-18)21-20(22)14-24-13-16-7-3-2-4-8-16/h2-10,12,15H,11,13-14H2,1H3,(H,21,22)/t15-/m0/s1. The van der Waals surface area contributed by atoms with E-state index in [0.717, 1.165) is 22.5 Å². The first-order chi connectivity index (χ1) is 11.7. The van der Waals surface area contributed by atoms with Gasteiger partial charge >= 0.3 is 0 Å². The number of nitrogens with one attached hydrogen (secondary N) is 1. The number of thioether (sulfide) groups is 1. The molecule has 1 atom stereocenters. The van der Waals surface area contributed by atoms with Crippen LogP contribution in [-0.2, 0) is 17.0 Å². The maximum absolute atomic E-state index is 12.0. The van der Waals surface area contributed by atoms with Crippen LogP contribution < -0.4 is 5.32 Å². The molecule has 0 unspecified atom stereocenters. The Morgan fingerprint density at radius 3 is 2.67 bits per heavy atom. The molecule has 0 saturated heterocycles. The molecular formula is C20H21NO2S. The van der Waals surface area contributed by atoms with Gasteiger partial charge in [-0.2, -0.15) is 0 Å². The number of benzene rings is 2. The summed E-state index contributed by atoms with van der Waals surface area (Å²) in [5.74, 6) is 2.30. The van der Waals surface area contributed by atoms with Crippen molar-refractivity contribution in [1.82, 2.24) is 5.32 Å². The van der Waals surface area contributed by atoms with Crippen molar-refractivity contribution in [2.45, 2.75) is 25.1 Å². The summed E-state index contributed by atoms with van der Waals surface area (Å²) in [6.07, 6.45) is 0.698. The van der Waals surface area contributed by atoms with Crippen molar-refractivity contribution in [2.24, 2.45) is 0 Å². The second kappa shape index (κ2) is 8.06. The van der Waals surface area contributed by atoms with Gasteiger partial charge in [-0.1, -0.05) is 48.5 Å². The van der Waals surface area contributed by atoms with Crippen molar-refractivity contribution in [2.75, 3.05) is 5.75 Å². The molecule has 24 heavy (non-hydrogen) atoms. The highest BCUT2D eigenvalue weighted by Gasteiger charge is 2.11. The number of amides is 1. The summed E-state index contributed by atoms with van der Waals surface area (Å²) >= 11 is 1.63. The number of furan rings is 1. The minimum atomic E-state index is 0.0513. The number of rotatable bonds is 7. The molecule has 0 aliphatic carbocycles. The molecule has 0 spiro atoms. The first-order valence-electron chi connectivity index (χ1n) is 8.09. The van der Waals surface area contributed by atoms with Crippen LogP contribution in [-0.4, -0.2) is 17.7 Å². The summed E-state index contributed by atoms with van der Waals surface area (Å²) in [4.78, 5) is 12.0. The Balaban J connectivity index is 1.44. The zero-order valence-corrected chi connectivity index (χ0v) is 14.5. The third kappa shape index (κ3) is 4.65. The van der Waals surface area contributed by atoms with Gasteiger partial charge in [0.1, 0.15) is 11.3 Å². The molecule has 0 aliphatic heterocycles. The lowest BCUT2D eigenvalue weighted by atomic mass is 10.2. The maximum Gasteiger partial charge on any atom is 0.230 e. The minimum absolute atomic E-state index is 0.0513. The number of carbonyl (C=O) groups is 1. The second-order valence-corrected chi connectivity index (χ2v) is 6.89. The topological polar surface area (TPSA) is 42.2 Å². The van der Waals surface area contributed by atoms with Crippen molar-refractivity contribution < 1.29 is 9.21 Å². The van der Waals surface area contributed by atoms with Gasteiger partial charge < -0.3 is 9.73 Å². The SMILES string of the molecule is C[C@@H](Cc1cc2ccccc2o1)NC(=O)CSCc1ccccc1. The van der Waals surface area contributed by atoms with E-state index in [-0.39, 0.29) is 11.9 Å². The Hall–Kier alpha value is -2.20. The van der Waals surface area contributed by atoms with Crippen LogP contribution in [0.5, 0.6) is 0 Å². The van der Waals surface area contributed by atoms with Crippen LogP contribution in [0.2, 0.25) is 0 Å². The summed E-state index contributed by atoms with van der Waals surface area (Å²) in [6, 6.07) is 20.2. The molecule has 0 saturated carbocycles. The van der Waals surface area contributed by atoms with Gasteiger partial charge in [0.15, 0.2) is 0 Å². The minimum Gasteiger partial charge on any atom is -0.461 e. The smallest absolute Gasteiger partial charge is 0.230 e.